The Hall–Kier alpha value is -3.17. The fraction of sp³-hybridized carbons (Fsp3) is 0.400. The lowest BCUT2D eigenvalue weighted by Crippen LogP contribution is -2.40. The number of aryl methyl sites for hydroxylation is 1. The van der Waals surface area contributed by atoms with Gasteiger partial charge < -0.3 is 10.3 Å². The first-order valence-electron chi connectivity index (χ1n) is 11.0. The Bertz CT molecular complexity index is 1310. The van der Waals surface area contributed by atoms with Crippen molar-refractivity contribution >= 4 is 16.6 Å². The zero-order valence-electron chi connectivity index (χ0n) is 18.5. The van der Waals surface area contributed by atoms with Crippen molar-refractivity contribution in [1.82, 2.24) is 24.9 Å². The molecule has 0 unspecified atom stereocenters. The van der Waals surface area contributed by atoms with E-state index in [9.17, 15) is 0 Å². The van der Waals surface area contributed by atoms with Crippen LogP contribution >= 0.6 is 0 Å². The zero-order chi connectivity index (χ0) is 21.7. The first kappa shape index (κ1) is 19.8. The van der Waals surface area contributed by atoms with Gasteiger partial charge in [-0.05, 0) is 72.9 Å². The van der Waals surface area contributed by atoms with E-state index in [0.29, 0.717) is 24.4 Å². The summed E-state index contributed by atoms with van der Waals surface area (Å²) in [6.07, 6.45) is 5.91. The third-order valence-corrected chi connectivity index (χ3v) is 6.92. The quantitative estimate of drug-likeness (QED) is 0.453. The highest BCUT2D eigenvalue weighted by Crippen LogP contribution is 2.42. The number of H-pyrrole nitrogens is 1. The number of pyridine rings is 1. The van der Waals surface area contributed by atoms with Crippen molar-refractivity contribution < 1.29 is 0 Å². The fourth-order valence-corrected chi connectivity index (χ4v) is 5.00. The van der Waals surface area contributed by atoms with Gasteiger partial charge in [-0.25, -0.2) is 9.50 Å². The summed E-state index contributed by atoms with van der Waals surface area (Å²) in [5, 5.41) is 17.8. The third-order valence-electron chi connectivity index (χ3n) is 6.92. The van der Waals surface area contributed by atoms with Gasteiger partial charge in [0.05, 0.1) is 18.3 Å². The van der Waals surface area contributed by atoms with E-state index in [1.165, 1.54) is 38.9 Å². The van der Waals surface area contributed by atoms with Crippen molar-refractivity contribution in [2.24, 2.45) is 0 Å². The molecule has 3 aromatic heterocycles. The highest BCUT2D eigenvalue weighted by atomic mass is 15.3. The number of aromatic amines is 1. The average Bonchev–Trinajstić information content (AvgIpc) is 3.33. The van der Waals surface area contributed by atoms with Crippen LogP contribution < -0.4 is 5.32 Å². The largest absolute Gasteiger partial charge is 0.354 e. The number of nitrogens with zero attached hydrogens (tertiary/aromatic N) is 4. The molecule has 6 heteroatoms. The molecule has 0 amide bonds. The van der Waals surface area contributed by atoms with E-state index in [-0.39, 0.29) is 0 Å². The van der Waals surface area contributed by atoms with Gasteiger partial charge in [0, 0.05) is 28.7 Å². The highest BCUT2D eigenvalue weighted by molar-refractivity contribution is 5.92. The van der Waals surface area contributed by atoms with Crippen molar-refractivity contribution in [3.05, 3.63) is 53.0 Å². The maximum Gasteiger partial charge on any atom is 0.158 e. The number of aromatic nitrogens is 4. The van der Waals surface area contributed by atoms with E-state index in [2.05, 4.69) is 78.5 Å². The van der Waals surface area contributed by atoms with Crippen LogP contribution in [0.25, 0.3) is 27.8 Å². The molecule has 0 atom stereocenters. The van der Waals surface area contributed by atoms with Crippen molar-refractivity contribution in [1.29, 1.82) is 5.26 Å². The van der Waals surface area contributed by atoms with Gasteiger partial charge >= 0.3 is 0 Å². The van der Waals surface area contributed by atoms with Crippen LogP contribution in [0, 0.1) is 25.2 Å². The van der Waals surface area contributed by atoms with Gasteiger partial charge in [-0.1, -0.05) is 19.9 Å². The van der Waals surface area contributed by atoms with Crippen LogP contribution in [-0.4, -0.2) is 32.2 Å². The summed E-state index contributed by atoms with van der Waals surface area (Å²) < 4.78 is 1.88. The molecule has 4 aromatic rings. The molecule has 1 fully saturated rings. The Balaban J connectivity index is 1.58. The predicted molar refractivity (Wildman–Crippen MR) is 123 cm³/mol. The van der Waals surface area contributed by atoms with Crippen LogP contribution in [0.5, 0.6) is 0 Å². The smallest absolute Gasteiger partial charge is 0.158 e. The molecular weight excluding hydrogens is 384 g/mol. The van der Waals surface area contributed by atoms with Crippen molar-refractivity contribution in [2.75, 3.05) is 6.54 Å². The second-order valence-corrected chi connectivity index (χ2v) is 9.10. The third kappa shape index (κ3) is 3.21. The van der Waals surface area contributed by atoms with E-state index in [1.807, 2.05) is 4.52 Å². The highest BCUT2D eigenvalue weighted by Gasteiger charge is 2.30. The fourth-order valence-electron chi connectivity index (χ4n) is 5.00. The van der Waals surface area contributed by atoms with Gasteiger partial charge in [0.1, 0.15) is 6.33 Å². The SMILES string of the molecule is Cc1c(-c2[nH]c3ccc(C4CC(NCC#N)C4)cc3c2C(C)C)cn2ncnc2c1C. The molecule has 2 N–H and O–H groups in total. The summed E-state index contributed by atoms with van der Waals surface area (Å²) in [6.45, 7) is 9.25. The molecule has 1 aliphatic carbocycles. The van der Waals surface area contributed by atoms with Crippen LogP contribution in [0.4, 0.5) is 0 Å². The van der Waals surface area contributed by atoms with E-state index in [0.717, 1.165) is 24.1 Å². The summed E-state index contributed by atoms with van der Waals surface area (Å²) in [6, 6.07) is 9.51. The van der Waals surface area contributed by atoms with Crippen LogP contribution in [0.3, 0.4) is 0 Å². The van der Waals surface area contributed by atoms with Gasteiger partial charge in [-0.15, -0.1) is 0 Å². The van der Waals surface area contributed by atoms with E-state index >= 15 is 0 Å². The lowest BCUT2D eigenvalue weighted by atomic mass is 9.75. The van der Waals surface area contributed by atoms with Crippen LogP contribution in [0.15, 0.2) is 30.7 Å². The number of hydrogen-bond donors (Lipinski definition) is 2. The average molecular weight is 413 g/mol. The second-order valence-electron chi connectivity index (χ2n) is 9.10. The first-order chi connectivity index (χ1) is 15.0. The zero-order valence-corrected chi connectivity index (χ0v) is 18.5. The van der Waals surface area contributed by atoms with Crippen LogP contribution in [0.1, 0.15) is 60.8 Å². The van der Waals surface area contributed by atoms with Gasteiger partial charge in [0.15, 0.2) is 5.65 Å². The minimum Gasteiger partial charge on any atom is -0.354 e. The number of fused-ring (bicyclic) bond motifs is 2. The summed E-state index contributed by atoms with van der Waals surface area (Å²) in [7, 11) is 0. The van der Waals surface area contributed by atoms with Crippen molar-refractivity contribution in [3.8, 4) is 17.3 Å². The summed E-state index contributed by atoms with van der Waals surface area (Å²) in [5.74, 6) is 0.950. The van der Waals surface area contributed by atoms with E-state index in [1.54, 1.807) is 6.33 Å². The Morgan fingerprint density at radius 3 is 2.81 bits per heavy atom. The maximum absolute atomic E-state index is 8.77. The Morgan fingerprint density at radius 2 is 2.06 bits per heavy atom. The molecule has 0 saturated heterocycles. The Kier molecular flexibility index (Phi) is 4.79. The molecule has 1 aromatic carbocycles. The van der Waals surface area contributed by atoms with Gasteiger partial charge in [0.25, 0.3) is 0 Å². The molecular formula is C25H28N6. The molecule has 158 valence electrons. The van der Waals surface area contributed by atoms with Crippen LogP contribution in [0.2, 0.25) is 0 Å². The lowest BCUT2D eigenvalue weighted by molar-refractivity contribution is 0.300. The Morgan fingerprint density at radius 1 is 1.26 bits per heavy atom. The normalized spacial score (nSPS) is 18.6. The molecule has 0 bridgehead atoms. The molecule has 0 radical (unpaired) electrons. The number of nitrogens with one attached hydrogen (secondary N) is 2. The molecule has 5 rings (SSSR count). The number of nitriles is 1. The molecule has 31 heavy (non-hydrogen) atoms. The second kappa shape index (κ2) is 7.51. The molecule has 0 spiro atoms. The van der Waals surface area contributed by atoms with Gasteiger partial charge in [-0.2, -0.15) is 10.4 Å². The lowest BCUT2D eigenvalue weighted by Gasteiger charge is -2.36. The molecule has 1 aliphatic rings. The molecule has 0 aliphatic heterocycles. The summed E-state index contributed by atoms with van der Waals surface area (Å²) in [5.41, 5.74) is 9.61. The number of hydrogen-bond acceptors (Lipinski definition) is 4. The van der Waals surface area contributed by atoms with Crippen LogP contribution in [-0.2, 0) is 0 Å². The van der Waals surface area contributed by atoms with Gasteiger partial charge in [-0.3, -0.25) is 0 Å². The van der Waals surface area contributed by atoms with Gasteiger partial charge in [0.2, 0.25) is 0 Å². The summed E-state index contributed by atoms with van der Waals surface area (Å²) >= 11 is 0. The first-order valence-corrected chi connectivity index (χ1v) is 11.0. The Labute approximate surface area is 182 Å². The molecule has 3 heterocycles. The monoisotopic (exact) mass is 412 g/mol. The predicted octanol–water partition coefficient (Wildman–Crippen LogP) is 4.98. The molecule has 6 nitrogen and oxygen atoms in total. The van der Waals surface area contributed by atoms with Crippen molar-refractivity contribution in [3.63, 3.8) is 0 Å². The topological polar surface area (TPSA) is 81.8 Å². The van der Waals surface area contributed by atoms with E-state index < -0.39 is 0 Å². The summed E-state index contributed by atoms with van der Waals surface area (Å²) in [4.78, 5) is 8.12. The van der Waals surface area contributed by atoms with E-state index in [4.69, 9.17) is 5.26 Å². The standard InChI is InChI=1S/C25H28N6/c1-14(2)23-20-11-17(18-9-19(10-18)27-8-7-26)5-6-22(20)30-24(23)21-12-31-25(28-13-29-31)16(4)15(21)3/h5-6,11-14,18-19,27,30H,8-10H2,1-4H3. The minimum atomic E-state index is 0.386. The maximum atomic E-state index is 8.77. The molecule has 1 saturated carbocycles. The van der Waals surface area contributed by atoms with Crippen molar-refractivity contribution in [2.45, 2.75) is 58.4 Å². The number of rotatable bonds is 5. The number of benzene rings is 1. The minimum absolute atomic E-state index is 0.386.